The van der Waals surface area contributed by atoms with Gasteiger partial charge < -0.3 is 24.4 Å². The summed E-state index contributed by atoms with van der Waals surface area (Å²) in [6.07, 6.45) is 0.267. The third kappa shape index (κ3) is 3.76. The molecule has 30 heavy (non-hydrogen) atoms. The molecule has 0 saturated carbocycles. The predicted molar refractivity (Wildman–Crippen MR) is 117 cm³/mol. The van der Waals surface area contributed by atoms with Crippen LogP contribution in [0.5, 0.6) is 17.2 Å². The van der Waals surface area contributed by atoms with Crippen molar-refractivity contribution in [3.8, 4) is 23.3 Å². The second kappa shape index (κ2) is 9.01. The van der Waals surface area contributed by atoms with Crippen molar-refractivity contribution in [3.05, 3.63) is 58.1 Å². The van der Waals surface area contributed by atoms with E-state index in [1.807, 2.05) is 30.3 Å². The van der Waals surface area contributed by atoms with E-state index in [-0.39, 0.29) is 10.6 Å². The summed E-state index contributed by atoms with van der Waals surface area (Å²) in [5.74, 6) is 0.864. The van der Waals surface area contributed by atoms with Crippen molar-refractivity contribution in [2.24, 2.45) is 0 Å². The maximum absolute atomic E-state index is 12.6. The number of nitriles is 1. The highest BCUT2D eigenvalue weighted by Crippen LogP contribution is 2.43. The van der Waals surface area contributed by atoms with Gasteiger partial charge in [0, 0.05) is 11.3 Å². The van der Waals surface area contributed by atoms with E-state index in [2.05, 4.69) is 24.9 Å². The summed E-state index contributed by atoms with van der Waals surface area (Å²) in [6.45, 7) is 2.08. The number of carbonyl (C=O) groups excluding carboxylic acids is 1. The average molecular weight is 426 g/mol. The number of nitrogens with zero attached hydrogens (tertiary/aromatic N) is 2. The number of benzene rings is 2. The Kier molecular flexibility index (Phi) is 6.43. The van der Waals surface area contributed by atoms with Gasteiger partial charge in [-0.3, -0.25) is 4.79 Å². The second-order valence-electron chi connectivity index (χ2n) is 6.54. The van der Waals surface area contributed by atoms with E-state index < -0.39 is 12.1 Å². The SMILES string of the molecule is CCc1ccc(N2C(S)=C(C#N)C(=O)NC2c2cc(OC)c(OC)c(OC)c2)cc1. The van der Waals surface area contributed by atoms with Crippen LogP contribution in [0.15, 0.2) is 47.0 Å². The van der Waals surface area contributed by atoms with E-state index in [9.17, 15) is 10.1 Å². The minimum atomic E-state index is -0.636. The van der Waals surface area contributed by atoms with Crippen molar-refractivity contribution in [2.45, 2.75) is 19.5 Å². The maximum Gasteiger partial charge on any atom is 0.266 e. The van der Waals surface area contributed by atoms with Gasteiger partial charge in [0.15, 0.2) is 11.5 Å². The lowest BCUT2D eigenvalue weighted by atomic mass is 10.0. The minimum absolute atomic E-state index is 0.0541. The van der Waals surface area contributed by atoms with Gasteiger partial charge in [-0.1, -0.05) is 19.1 Å². The number of aryl methyl sites for hydroxylation is 1. The predicted octanol–water partition coefficient (Wildman–Crippen LogP) is 3.57. The van der Waals surface area contributed by atoms with Gasteiger partial charge in [-0.15, -0.1) is 12.6 Å². The number of amides is 1. The Morgan fingerprint density at radius 3 is 2.17 bits per heavy atom. The summed E-state index contributed by atoms with van der Waals surface area (Å²) in [5, 5.41) is 12.6. The Labute approximate surface area is 181 Å². The second-order valence-corrected chi connectivity index (χ2v) is 6.96. The Hall–Kier alpha value is -3.31. The molecule has 0 bridgehead atoms. The van der Waals surface area contributed by atoms with Gasteiger partial charge in [0.05, 0.1) is 26.4 Å². The quantitative estimate of drug-likeness (QED) is 0.689. The van der Waals surface area contributed by atoms with Crippen LogP contribution in [0.3, 0.4) is 0 Å². The number of ether oxygens (including phenoxy) is 3. The molecule has 0 aliphatic carbocycles. The first-order valence-corrected chi connectivity index (χ1v) is 9.76. The summed E-state index contributed by atoms with van der Waals surface area (Å²) in [6, 6.07) is 13.3. The summed E-state index contributed by atoms with van der Waals surface area (Å²) in [7, 11) is 4.58. The van der Waals surface area contributed by atoms with Crippen LogP contribution < -0.4 is 24.4 Å². The molecule has 8 heteroatoms. The van der Waals surface area contributed by atoms with Crippen molar-refractivity contribution in [1.29, 1.82) is 5.26 Å². The number of hydrogen-bond acceptors (Lipinski definition) is 7. The minimum Gasteiger partial charge on any atom is -0.493 e. The summed E-state index contributed by atoms with van der Waals surface area (Å²) >= 11 is 4.53. The molecule has 1 unspecified atom stereocenters. The van der Waals surface area contributed by atoms with Crippen LogP contribution in [0.4, 0.5) is 5.69 Å². The smallest absolute Gasteiger partial charge is 0.266 e. The molecule has 1 amide bonds. The van der Waals surface area contributed by atoms with Gasteiger partial charge in [0.1, 0.15) is 17.8 Å². The molecule has 0 saturated heterocycles. The van der Waals surface area contributed by atoms with Crippen molar-refractivity contribution >= 4 is 24.2 Å². The van der Waals surface area contributed by atoms with Gasteiger partial charge in [0.2, 0.25) is 5.75 Å². The van der Waals surface area contributed by atoms with Gasteiger partial charge in [0.25, 0.3) is 5.91 Å². The van der Waals surface area contributed by atoms with Crippen molar-refractivity contribution < 1.29 is 19.0 Å². The first kappa shape index (κ1) is 21.4. The monoisotopic (exact) mass is 425 g/mol. The Morgan fingerprint density at radius 1 is 1.10 bits per heavy atom. The van der Waals surface area contributed by atoms with E-state index in [0.29, 0.717) is 22.8 Å². The first-order valence-electron chi connectivity index (χ1n) is 9.31. The summed E-state index contributed by atoms with van der Waals surface area (Å²) in [5.41, 5.74) is 2.58. The van der Waals surface area contributed by atoms with Crippen LogP contribution in [0.25, 0.3) is 0 Å². The topological polar surface area (TPSA) is 83.8 Å². The summed E-state index contributed by atoms with van der Waals surface area (Å²) in [4.78, 5) is 14.4. The molecule has 1 heterocycles. The fourth-order valence-corrected chi connectivity index (χ4v) is 3.74. The molecule has 1 atom stereocenters. The lowest BCUT2D eigenvalue weighted by Gasteiger charge is -2.38. The molecule has 2 aromatic carbocycles. The number of thiol groups is 1. The summed E-state index contributed by atoms with van der Waals surface area (Å²) < 4.78 is 16.3. The van der Waals surface area contributed by atoms with E-state index in [0.717, 1.165) is 12.1 Å². The Balaban J connectivity index is 2.19. The highest BCUT2D eigenvalue weighted by molar-refractivity contribution is 7.84. The molecule has 0 aromatic heterocycles. The van der Waals surface area contributed by atoms with Gasteiger partial charge >= 0.3 is 0 Å². The average Bonchev–Trinajstić information content (AvgIpc) is 2.78. The Bertz CT molecular complexity index is 1000. The van der Waals surface area contributed by atoms with Gasteiger partial charge in [-0.05, 0) is 36.2 Å². The van der Waals surface area contributed by atoms with Gasteiger partial charge in [-0.25, -0.2) is 0 Å². The van der Waals surface area contributed by atoms with Crippen LogP contribution in [0, 0.1) is 11.3 Å². The van der Waals surface area contributed by atoms with Crippen molar-refractivity contribution in [2.75, 3.05) is 26.2 Å². The number of carbonyl (C=O) groups is 1. The molecule has 1 N–H and O–H groups in total. The van der Waals surface area contributed by atoms with Crippen molar-refractivity contribution in [1.82, 2.24) is 5.32 Å². The third-order valence-electron chi connectivity index (χ3n) is 4.94. The molecule has 1 aliphatic heterocycles. The van der Waals surface area contributed by atoms with Crippen LogP contribution in [-0.4, -0.2) is 27.2 Å². The van der Waals surface area contributed by atoms with E-state index in [4.69, 9.17) is 14.2 Å². The first-order chi connectivity index (χ1) is 14.5. The number of anilines is 1. The fourth-order valence-electron chi connectivity index (χ4n) is 3.36. The van der Waals surface area contributed by atoms with E-state index in [1.165, 1.54) is 26.9 Å². The molecule has 0 fully saturated rings. The number of methoxy groups -OCH3 is 3. The largest absolute Gasteiger partial charge is 0.493 e. The van der Waals surface area contributed by atoms with E-state index in [1.54, 1.807) is 17.0 Å². The molecule has 2 aromatic rings. The molecule has 0 radical (unpaired) electrons. The molecule has 156 valence electrons. The normalized spacial score (nSPS) is 16.1. The molecule has 7 nitrogen and oxygen atoms in total. The highest BCUT2D eigenvalue weighted by Gasteiger charge is 2.35. The fraction of sp³-hybridized carbons (Fsp3) is 0.273. The van der Waals surface area contributed by atoms with Gasteiger partial charge in [-0.2, -0.15) is 5.26 Å². The van der Waals surface area contributed by atoms with Crippen LogP contribution in [0.2, 0.25) is 0 Å². The zero-order valence-corrected chi connectivity index (χ0v) is 18.1. The highest BCUT2D eigenvalue weighted by atomic mass is 32.1. The molecule has 1 aliphatic rings. The third-order valence-corrected chi connectivity index (χ3v) is 5.38. The standard InChI is InChI=1S/C22H23N3O4S/c1-5-13-6-8-15(9-7-13)25-20(24-21(26)16(12-23)22(25)30)14-10-17(27-2)19(29-4)18(11-14)28-3/h6-11,20,30H,5H2,1-4H3,(H,24,26). The molecular formula is C22H23N3O4S. The lowest BCUT2D eigenvalue weighted by Crippen LogP contribution is -2.46. The number of nitrogens with one attached hydrogen (secondary N) is 1. The zero-order valence-electron chi connectivity index (χ0n) is 17.2. The molecule has 0 spiro atoms. The Morgan fingerprint density at radius 2 is 1.70 bits per heavy atom. The van der Waals surface area contributed by atoms with E-state index >= 15 is 0 Å². The van der Waals surface area contributed by atoms with Crippen LogP contribution in [0.1, 0.15) is 24.2 Å². The molecule has 3 rings (SSSR count). The van der Waals surface area contributed by atoms with Crippen LogP contribution in [-0.2, 0) is 11.2 Å². The number of rotatable bonds is 6. The number of hydrogen-bond donors (Lipinski definition) is 2. The van der Waals surface area contributed by atoms with Crippen molar-refractivity contribution in [3.63, 3.8) is 0 Å². The molecular weight excluding hydrogens is 402 g/mol. The van der Waals surface area contributed by atoms with Crippen LogP contribution >= 0.6 is 12.6 Å². The zero-order chi connectivity index (χ0) is 21.8. The maximum atomic E-state index is 12.6. The lowest BCUT2D eigenvalue weighted by molar-refractivity contribution is -0.118.